The van der Waals surface area contributed by atoms with Gasteiger partial charge < -0.3 is 4.90 Å². The van der Waals surface area contributed by atoms with Gasteiger partial charge in [0.15, 0.2) is 0 Å². The van der Waals surface area contributed by atoms with Gasteiger partial charge in [-0.2, -0.15) is 5.10 Å². The van der Waals surface area contributed by atoms with Crippen LogP contribution in [0.15, 0.2) is 42.7 Å². The topological polar surface area (TPSA) is 62.2 Å². The molecule has 1 amide bonds. The molecule has 1 aromatic heterocycles. The van der Waals surface area contributed by atoms with Gasteiger partial charge in [-0.3, -0.25) is 10.2 Å². The Kier molecular flexibility index (Phi) is 4.55. The number of rotatable bonds is 4. The number of fused-ring (bicyclic) bond motifs is 1. The van der Waals surface area contributed by atoms with Crippen molar-refractivity contribution in [2.24, 2.45) is 5.92 Å². The van der Waals surface area contributed by atoms with Gasteiger partial charge in [0.05, 0.1) is 11.9 Å². The van der Waals surface area contributed by atoms with Gasteiger partial charge in [-0.05, 0) is 25.0 Å². The van der Waals surface area contributed by atoms with Crippen molar-refractivity contribution in [1.29, 1.82) is 0 Å². The number of hydrogen-bond acceptors (Lipinski definition) is 4. The summed E-state index contributed by atoms with van der Waals surface area (Å²) in [5.74, 6) is 0.574. The van der Waals surface area contributed by atoms with Gasteiger partial charge in [0, 0.05) is 37.3 Å². The molecule has 6 heteroatoms. The first-order valence-corrected chi connectivity index (χ1v) is 9.07. The van der Waals surface area contributed by atoms with Crippen LogP contribution < -0.4 is 10.9 Å². The Hall–Kier alpha value is -2.18. The zero-order valence-electron chi connectivity index (χ0n) is 14.6. The Morgan fingerprint density at radius 1 is 1.24 bits per heavy atom. The van der Waals surface area contributed by atoms with Crippen LogP contribution in [0.1, 0.15) is 31.2 Å². The lowest BCUT2D eigenvalue weighted by molar-refractivity contribution is -0.133. The van der Waals surface area contributed by atoms with Crippen LogP contribution in [-0.2, 0) is 11.3 Å². The average Bonchev–Trinajstić information content (AvgIpc) is 3.29. The van der Waals surface area contributed by atoms with E-state index < -0.39 is 0 Å². The first kappa shape index (κ1) is 16.3. The van der Waals surface area contributed by atoms with E-state index in [0.717, 1.165) is 24.1 Å². The lowest BCUT2D eigenvalue weighted by Gasteiger charge is -2.28. The van der Waals surface area contributed by atoms with Crippen molar-refractivity contribution < 1.29 is 4.79 Å². The molecular formula is C19H25N5O. The molecule has 1 saturated carbocycles. The van der Waals surface area contributed by atoms with E-state index in [1.165, 1.54) is 12.8 Å². The van der Waals surface area contributed by atoms with Gasteiger partial charge in [-0.15, -0.1) is 0 Å². The van der Waals surface area contributed by atoms with Crippen molar-refractivity contribution in [3.05, 3.63) is 48.3 Å². The second kappa shape index (κ2) is 6.98. The minimum Gasteiger partial charge on any atom is -0.340 e. The molecular weight excluding hydrogens is 314 g/mol. The second-order valence-electron chi connectivity index (χ2n) is 7.14. The highest BCUT2D eigenvalue weighted by molar-refractivity contribution is 5.82. The number of carbonyl (C=O) groups is 1. The molecule has 3 unspecified atom stereocenters. The summed E-state index contributed by atoms with van der Waals surface area (Å²) in [6.45, 7) is 0.571. The van der Waals surface area contributed by atoms with Crippen LogP contribution in [-0.4, -0.2) is 39.7 Å². The Morgan fingerprint density at radius 2 is 2.04 bits per heavy atom. The van der Waals surface area contributed by atoms with E-state index in [4.69, 9.17) is 0 Å². The number of aromatic nitrogens is 2. The molecule has 1 aliphatic heterocycles. The van der Waals surface area contributed by atoms with Gasteiger partial charge in [0.1, 0.15) is 6.04 Å². The summed E-state index contributed by atoms with van der Waals surface area (Å²) < 4.78 is 1.85. The van der Waals surface area contributed by atoms with Gasteiger partial charge in [0.25, 0.3) is 0 Å². The Labute approximate surface area is 148 Å². The van der Waals surface area contributed by atoms with Gasteiger partial charge in [0.2, 0.25) is 5.91 Å². The van der Waals surface area contributed by atoms with Crippen LogP contribution >= 0.6 is 0 Å². The average molecular weight is 339 g/mol. The smallest absolute Gasteiger partial charge is 0.241 e. The molecule has 6 nitrogen and oxygen atoms in total. The summed E-state index contributed by atoms with van der Waals surface area (Å²) in [5, 5.41) is 4.41. The maximum atomic E-state index is 12.9. The third kappa shape index (κ3) is 3.32. The molecule has 0 spiro atoms. The van der Waals surface area contributed by atoms with Crippen molar-refractivity contribution in [3.8, 4) is 5.69 Å². The van der Waals surface area contributed by atoms with Gasteiger partial charge in [-0.1, -0.05) is 31.0 Å². The van der Waals surface area contributed by atoms with Crippen LogP contribution in [0.2, 0.25) is 0 Å². The number of benzene rings is 1. The van der Waals surface area contributed by atoms with Crippen LogP contribution in [0.3, 0.4) is 0 Å². The van der Waals surface area contributed by atoms with Crippen LogP contribution in [0.25, 0.3) is 5.69 Å². The van der Waals surface area contributed by atoms with E-state index in [1.54, 1.807) is 0 Å². The molecule has 1 aromatic carbocycles. The summed E-state index contributed by atoms with van der Waals surface area (Å²) in [6.07, 6.45) is 8.59. The Balaban J connectivity index is 1.41. The zero-order valence-corrected chi connectivity index (χ0v) is 14.6. The number of nitrogens with zero attached hydrogens (tertiary/aromatic N) is 3. The summed E-state index contributed by atoms with van der Waals surface area (Å²) in [6, 6.07) is 10.3. The fourth-order valence-electron chi connectivity index (χ4n) is 4.04. The van der Waals surface area contributed by atoms with E-state index in [2.05, 4.69) is 16.0 Å². The first-order chi connectivity index (χ1) is 12.2. The SMILES string of the molecule is CN(Cc1cnn(-c2ccccc2)c1)C(=O)C1NNC2CCCCC21. The second-order valence-corrected chi connectivity index (χ2v) is 7.14. The maximum Gasteiger partial charge on any atom is 0.241 e. The van der Waals surface area contributed by atoms with Crippen molar-refractivity contribution >= 4 is 5.91 Å². The number of para-hydroxylation sites is 1. The molecule has 2 fully saturated rings. The van der Waals surface area contributed by atoms with Gasteiger partial charge >= 0.3 is 0 Å². The number of amides is 1. The number of hydrazine groups is 1. The minimum atomic E-state index is -0.112. The molecule has 3 atom stereocenters. The molecule has 2 N–H and O–H groups in total. The highest BCUT2D eigenvalue weighted by Crippen LogP contribution is 2.30. The first-order valence-electron chi connectivity index (χ1n) is 9.07. The largest absolute Gasteiger partial charge is 0.340 e. The number of hydrogen-bond donors (Lipinski definition) is 2. The summed E-state index contributed by atoms with van der Waals surface area (Å²) in [7, 11) is 1.88. The fraction of sp³-hybridized carbons (Fsp3) is 0.474. The molecule has 2 aliphatic rings. The fourth-order valence-corrected chi connectivity index (χ4v) is 4.04. The standard InChI is InChI=1S/C19H25N5O/c1-23(19(25)18-16-9-5-6-10-17(16)21-22-18)12-14-11-20-24(13-14)15-7-3-2-4-8-15/h2-4,7-8,11,13,16-18,21-22H,5-6,9-10,12H2,1H3. The van der Waals surface area contributed by atoms with E-state index >= 15 is 0 Å². The predicted octanol–water partition coefficient (Wildman–Crippen LogP) is 1.87. The Bertz CT molecular complexity index is 728. The van der Waals surface area contributed by atoms with Crippen LogP contribution in [0.4, 0.5) is 0 Å². The minimum absolute atomic E-state index is 0.112. The van der Waals surface area contributed by atoms with Gasteiger partial charge in [-0.25, -0.2) is 10.1 Å². The van der Waals surface area contributed by atoms with Crippen molar-refractivity contribution in [2.75, 3.05) is 7.05 Å². The van der Waals surface area contributed by atoms with E-state index in [1.807, 2.05) is 59.4 Å². The lowest BCUT2D eigenvalue weighted by Crippen LogP contribution is -2.46. The summed E-state index contributed by atoms with van der Waals surface area (Å²) in [4.78, 5) is 14.7. The van der Waals surface area contributed by atoms with Crippen molar-refractivity contribution in [2.45, 2.75) is 44.3 Å². The zero-order chi connectivity index (χ0) is 17.2. The molecule has 0 bridgehead atoms. The van der Waals surface area contributed by atoms with Crippen LogP contribution in [0, 0.1) is 5.92 Å². The molecule has 4 rings (SSSR count). The highest BCUT2D eigenvalue weighted by atomic mass is 16.2. The van der Waals surface area contributed by atoms with Crippen LogP contribution in [0.5, 0.6) is 0 Å². The number of likely N-dealkylation sites (N-methyl/N-ethyl adjacent to an activating group) is 1. The quantitative estimate of drug-likeness (QED) is 0.893. The molecule has 0 radical (unpaired) electrons. The van der Waals surface area contributed by atoms with E-state index in [-0.39, 0.29) is 11.9 Å². The maximum absolute atomic E-state index is 12.9. The Morgan fingerprint density at radius 3 is 2.88 bits per heavy atom. The van der Waals surface area contributed by atoms with E-state index in [0.29, 0.717) is 18.5 Å². The molecule has 1 aliphatic carbocycles. The normalized spacial score (nSPS) is 25.6. The number of carbonyl (C=O) groups excluding carboxylic acids is 1. The molecule has 132 valence electrons. The molecule has 2 aromatic rings. The molecule has 2 heterocycles. The van der Waals surface area contributed by atoms with Crippen molar-refractivity contribution in [1.82, 2.24) is 25.5 Å². The summed E-state index contributed by atoms with van der Waals surface area (Å²) >= 11 is 0. The molecule has 25 heavy (non-hydrogen) atoms. The monoisotopic (exact) mass is 339 g/mol. The highest BCUT2D eigenvalue weighted by Gasteiger charge is 2.41. The predicted molar refractivity (Wildman–Crippen MR) is 95.8 cm³/mol. The summed E-state index contributed by atoms with van der Waals surface area (Å²) in [5.41, 5.74) is 8.61. The lowest BCUT2D eigenvalue weighted by atomic mass is 9.81. The number of nitrogens with one attached hydrogen (secondary N) is 2. The molecule has 1 saturated heterocycles. The third-order valence-corrected chi connectivity index (χ3v) is 5.39. The van der Waals surface area contributed by atoms with Crippen molar-refractivity contribution in [3.63, 3.8) is 0 Å². The van der Waals surface area contributed by atoms with E-state index in [9.17, 15) is 4.79 Å². The third-order valence-electron chi connectivity index (χ3n) is 5.39.